The van der Waals surface area contributed by atoms with Crippen molar-refractivity contribution in [3.63, 3.8) is 0 Å². The number of hydrogen-bond acceptors (Lipinski definition) is 3. The molecule has 0 amide bonds. The second-order valence-corrected chi connectivity index (χ2v) is 6.58. The fourth-order valence-electron chi connectivity index (χ4n) is 2.80. The van der Waals surface area contributed by atoms with Crippen molar-refractivity contribution >= 4 is 5.82 Å². The number of rotatable bonds is 3. The molecule has 0 aromatic carbocycles. The van der Waals surface area contributed by atoms with Gasteiger partial charge in [0, 0.05) is 17.8 Å². The predicted molar refractivity (Wildman–Crippen MR) is 75.8 cm³/mol. The molecule has 3 nitrogen and oxygen atoms in total. The molecule has 0 radical (unpaired) electrons. The van der Waals surface area contributed by atoms with Crippen LogP contribution in [0.25, 0.3) is 0 Å². The number of nitrogens with one attached hydrogen (secondary N) is 1. The third-order valence-corrected chi connectivity index (χ3v) is 3.84. The van der Waals surface area contributed by atoms with Gasteiger partial charge in [-0.05, 0) is 30.6 Å². The summed E-state index contributed by atoms with van der Waals surface area (Å²) in [6, 6.07) is 2.65. The number of hydrogen-bond donors (Lipinski definition) is 1. The van der Waals surface area contributed by atoms with Gasteiger partial charge < -0.3 is 5.32 Å². The Hall–Kier alpha value is -1.12. The summed E-state index contributed by atoms with van der Waals surface area (Å²) in [5.74, 6) is 1.44. The van der Waals surface area contributed by atoms with Gasteiger partial charge in [0.15, 0.2) is 0 Å². The third kappa shape index (κ3) is 3.44. The van der Waals surface area contributed by atoms with Crippen LogP contribution >= 0.6 is 0 Å². The van der Waals surface area contributed by atoms with E-state index in [9.17, 15) is 0 Å². The SMILES string of the molecule is CC(C)c1cc(NC2CCCC(C)(C)C2)ncn1. The Kier molecular flexibility index (Phi) is 3.88. The first-order valence-electron chi connectivity index (χ1n) is 7.05. The molecule has 18 heavy (non-hydrogen) atoms. The summed E-state index contributed by atoms with van der Waals surface area (Å²) < 4.78 is 0. The quantitative estimate of drug-likeness (QED) is 0.878. The third-order valence-electron chi connectivity index (χ3n) is 3.84. The molecule has 1 unspecified atom stereocenters. The van der Waals surface area contributed by atoms with Crippen LogP contribution in [0, 0.1) is 5.41 Å². The molecular weight excluding hydrogens is 222 g/mol. The lowest BCUT2D eigenvalue weighted by Gasteiger charge is -2.35. The van der Waals surface area contributed by atoms with Crippen LogP contribution in [0.3, 0.4) is 0 Å². The highest BCUT2D eigenvalue weighted by atomic mass is 15.0. The van der Waals surface area contributed by atoms with Crippen molar-refractivity contribution in [2.75, 3.05) is 5.32 Å². The van der Waals surface area contributed by atoms with E-state index in [0.29, 0.717) is 17.4 Å². The van der Waals surface area contributed by atoms with Crippen LogP contribution in [-0.2, 0) is 0 Å². The first-order chi connectivity index (χ1) is 8.46. The minimum absolute atomic E-state index is 0.455. The van der Waals surface area contributed by atoms with Gasteiger partial charge in [0.2, 0.25) is 0 Å². The highest BCUT2D eigenvalue weighted by molar-refractivity contribution is 5.37. The Labute approximate surface area is 110 Å². The summed E-state index contributed by atoms with van der Waals surface area (Å²) >= 11 is 0. The van der Waals surface area contributed by atoms with Gasteiger partial charge in [-0.3, -0.25) is 0 Å². The molecule has 0 bridgehead atoms. The molecule has 1 heterocycles. The summed E-state index contributed by atoms with van der Waals surface area (Å²) in [5, 5.41) is 3.58. The summed E-state index contributed by atoms with van der Waals surface area (Å²) in [6.45, 7) is 9.05. The second kappa shape index (κ2) is 5.25. The molecule has 1 saturated carbocycles. The molecule has 2 rings (SSSR count). The Balaban J connectivity index is 2.03. The van der Waals surface area contributed by atoms with Crippen LogP contribution in [0.15, 0.2) is 12.4 Å². The van der Waals surface area contributed by atoms with Crippen molar-refractivity contribution in [1.29, 1.82) is 0 Å². The predicted octanol–water partition coefficient (Wildman–Crippen LogP) is 3.98. The van der Waals surface area contributed by atoms with Gasteiger partial charge in [-0.15, -0.1) is 0 Å². The molecule has 0 aliphatic heterocycles. The van der Waals surface area contributed by atoms with Crippen molar-refractivity contribution in [2.45, 2.75) is 65.3 Å². The lowest BCUT2D eigenvalue weighted by molar-refractivity contribution is 0.229. The average Bonchev–Trinajstić information content (AvgIpc) is 2.28. The van der Waals surface area contributed by atoms with E-state index in [1.165, 1.54) is 25.7 Å². The number of nitrogens with zero attached hydrogens (tertiary/aromatic N) is 2. The molecule has 1 atom stereocenters. The Bertz CT molecular complexity index is 398. The van der Waals surface area contributed by atoms with Crippen molar-refractivity contribution in [2.24, 2.45) is 5.41 Å². The van der Waals surface area contributed by atoms with E-state index in [2.05, 4.69) is 49.0 Å². The maximum Gasteiger partial charge on any atom is 0.129 e. The molecule has 1 N–H and O–H groups in total. The highest BCUT2D eigenvalue weighted by Crippen LogP contribution is 2.36. The zero-order chi connectivity index (χ0) is 13.2. The molecule has 1 aliphatic carbocycles. The van der Waals surface area contributed by atoms with Gasteiger partial charge in [-0.25, -0.2) is 9.97 Å². The molecule has 1 aromatic heterocycles. The number of anilines is 1. The molecular formula is C15H25N3. The van der Waals surface area contributed by atoms with E-state index >= 15 is 0 Å². The number of aromatic nitrogens is 2. The van der Waals surface area contributed by atoms with Crippen molar-refractivity contribution in [3.8, 4) is 0 Å². The van der Waals surface area contributed by atoms with Gasteiger partial charge in [-0.1, -0.05) is 34.1 Å². The van der Waals surface area contributed by atoms with E-state index in [0.717, 1.165) is 11.5 Å². The maximum atomic E-state index is 4.34. The average molecular weight is 247 g/mol. The van der Waals surface area contributed by atoms with Crippen LogP contribution in [-0.4, -0.2) is 16.0 Å². The highest BCUT2D eigenvalue weighted by Gasteiger charge is 2.27. The molecule has 100 valence electrons. The lowest BCUT2D eigenvalue weighted by atomic mass is 9.75. The maximum absolute atomic E-state index is 4.34. The largest absolute Gasteiger partial charge is 0.367 e. The summed E-state index contributed by atoms with van der Waals surface area (Å²) in [4.78, 5) is 8.65. The zero-order valence-corrected chi connectivity index (χ0v) is 12.0. The molecule has 3 heteroatoms. The Morgan fingerprint density at radius 2 is 2.11 bits per heavy atom. The van der Waals surface area contributed by atoms with Gasteiger partial charge in [-0.2, -0.15) is 0 Å². The fraction of sp³-hybridized carbons (Fsp3) is 0.733. The molecule has 1 aromatic rings. The van der Waals surface area contributed by atoms with Crippen LogP contribution in [0.5, 0.6) is 0 Å². The van der Waals surface area contributed by atoms with E-state index in [1.54, 1.807) is 6.33 Å². The topological polar surface area (TPSA) is 37.8 Å². The summed E-state index contributed by atoms with van der Waals surface area (Å²) in [6.07, 6.45) is 6.81. The second-order valence-electron chi connectivity index (χ2n) is 6.58. The smallest absolute Gasteiger partial charge is 0.129 e. The van der Waals surface area contributed by atoms with E-state index in [1.807, 2.05) is 0 Å². The minimum atomic E-state index is 0.455. The summed E-state index contributed by atoms with van der Waals surface area (Å²) in [7, 11) is 0. The summed E-state index contributed by atoms with van der Waals surface area (Å²) in [5.41, 5.74) is 1.58. The lowest BCUT2D eigenvalue weighted by Crippen LogP contribution is -2.32. The first-order valence-corrected chi connectivity index (χ1v) is 7.05. The minimum Gasteiger partial charge on any atom is -0.367 e. The van der Waals surface area contributed by atoms with Gasteiger partial charge >= 0.3 is 0 Å². The monoisotopic (exact) mass is 247 g/mol. The van der Waals surface area contributed by atoms with Gasteiger partial charge in [0.25, 0.3) is 0 Å². The standard InChI is InChI=1S/C15H25N3/c1-11(2)13-8-14(17-10-16-13)18-12-6-5-7-15(3,4)9-12/h8,10-12H,5-7,9H2,1-4H3,(H,16,17,18). The zero-order valence-electron chi connectivity index (χ0n) is 12.0. The van der Waals surface area contributed by atoms with Crippen LogP contribution in [0.1, 0.15) is 65.0 Å². The molecule has 1 aliphatic rings. The molecule has 1 fully saturated rings. The van der Waals surface area contributed by atoms with E-state index in [4.69, 9.17) is 0 Å². The Morgan fingerprint density at radius 1 is 1.33 bits per heavy atom. The van der Waals surface area contributed by atoms with Gasteiger partial charge in [0.1, 0.15) is 12.1 Å². The fourth-order valence-corrected chi connectivity index (χ4v) is 2.80. The van der Waals surface area contributed by atoms with E-state index < -0.39 is 0 Å². The first kappa shape index (κ1) is 13.3. The van der Waals surface area contributed by atoms with Crippen molar-refractivity contribution in [3.05, 3.63) is 18.1 Å². The van der Waals surface area contributed by atoms with Crippen LogP contribution in [0.4, 0.5) is 5.82 Å². The molecule has 0 spiro atoms. The van der Waals surface area contributed by atoms with Crippen molar-refractivity contribution in [1.82, 2.24) is 9.97 Å². The van der Waals surface area contributed by atoms with E-state index in [-0.39, 0.29) is 0 Å². The van der Waals surface area contributed by atoms with Crippen molar-refractivity contribution < 1.29 is 0 Å². The van der Waals surface area contributed by atoms with Crippen LogP contribution in [0.2, 0.25) is 0 Å². The van der Waals surface area contributed by atoms with Gasteiger partial charge in [0.05, 0.1) is 0 Å². The molecule has 0 saturated heterocycles. The van der Waals surface area contributed by atoms with Crippen LogP contribution < -0.4 is 5.32 Å². The Morgan fingerprint density at radius 3 is 2.78 bits per heavy atom. The normalized spacial score (nSPS) is 23.1.